The number of hydrogen-bond acceptors (Lipinski definition) is 3. The van der Waals surface area contributed by atoms with Crippen LogP contribution < -0.4 is 10.9 Å². The van der Waals surface area contributed by atoms with E-state index in [1.807, 2.05) is 25.1 Å². The first kappa shape index (κ1) is 17.9. The molecule has 0 unspecified atom stereocenters. The molecule has 2 aliphatic carbocycles. The molecule has 2 heterocycles. The van der Waals surface area contributed by atoms with Gasteiger partial charge in [0.15, 0.2) is 0 Å². The highest BCUT2D eigenvalue weighted by Gasteiger charge is 2.47. The topological polar surface area (TPSA) is 57.8 Å². The minimum absolute atomic E-state index is 0.00818. The third-order valence-corrected chi connectivity index (χ3v) is 6.40. The molecule has 1 fully saturated rings. The number of allylic oxidation sites excluding steroid dienone is 1. The van der Waals surface area contributed by atoms with Gasteiger partial charge in [-0.05, 0) is 73.4 Å². The molecule has 2 aliphatic rings. The quantitative estimate of drug-likeness (QED) is 0.659. The molecule has 0 amide bonds. The molecular formula is C25H25N3O. The van der Waals surface area contributed by atoms with E-state index in [9.17, 15) is 4.79 Å². The molecule has 146 valence electrons. The van der Waals surface area contributed by atoms with Crippen molar-refractivity contribution in [2.45, 2.75) is 44.4 Å². The van der Waals surface area contributed by atoms with Crippen molar-refractivity contribution in [1.82, 2.24) is 9.97 Å². The predicted octanol–water partition coefficient (Wildman–Crippen LogP) is 4.89. The number of pyridine rings is 2. The summed E-state index contributed by atoms with van der Waals surface area (Å²) in [6, 6.07) is 14.5. The molecule has 0 saturated heterocycles. The van der Waals surface area contributed by atoms with Gasteiger partial charge in [-0.25, -0.2) is 4.98 Å². The molecule has 1 aromatic carbocycles. The summed E-state index contributed by atoms with van der Waals surface area (Å²) >= 11 is 0. The highest BCUT2D eigenvalue weighted by atomic mass is 16.1. The number of aromatic nitrogens is 2. The Labute approximate surface area is 170 Å². The first-order chi connectivity index (χ1) is 14.0. The van der Waals surface area contributed by atoms with E-state index in [1.54, 1.807) is 12.3 Å². The van der Waals surface area contributed by atoms with Gasteiger partial charge in [0.25, 0.3) is 0 Å². The number of nitrogens with zero attached hydrogens (tertiary/aromatic N) is 1. The van der Waals surface area contributed by atoms with Crippen molar-refractivity contribution in [3.05, 3.63) is 93.5 Å². The van der Waals surface area contributed by atoms with Crippen molar-refractivity contribution < 1.29 is 0 Å². The number of aryl methyl sites for hydroxylation is 3. The van der Waals surface area contributed by atoms with Crippen molar-refractivity contribution in [3.63, 3.8) is 0 Å². The number of rotatable bonds is 5. The third-order valence-electron chi connectivity index (χ3n) is 6.40. The number of aromatic amines is 1. The molecule has 29 heavy (non-hydrogen) atoms. The van der Waals surface area contributed by atoms with Crippen molar-refractivity contribution >= 4 is 5.82 Å². The highest BCUT2D eigenvalue weighted by Crippen LogP contribution is 2.53. The Morgan fingerprint density at radius 2 is 1.93 bits per heavy atom. The van der Waals surface area contributed by atoms with Gasteiger partial charge in [0, 0.05) is 28.9 Å². The van der Waals surface area contributed by atoms with E-state index in [2.05, 4.69) is 35.1 Å². The van der Waals surface area contributed by atoms with E-state index in [1.165, 1.54) is 36.0 Å². The maximum atomic E-state index is 11.7. The normalized spacial score (nSPS) is 16.3. The molecular weight excluding hydrogens is 358 g/mol. The maximum Gasteiger partial charge on any atom is 0.248 e. The van der Waals surface area contributed by atoms with Crippen LogP contribution in [0.5, 0.6) is 0 Å². The number of H-pyrrole nitrogens is 1. The smallest absolute Gasteiger partial charge is 0.248 e. The van der Waals surface area contributed by atoms with Gasteiger partial charge in [0.1, 0.15) is 5.82 Å². The van der Waals surface area contributed by atoms with Crippen LogP contribution in [0.4, 0.5) is 5.82 Å². The summed E-state index contributed by atoms with van der Waals surface area (Å²) in [6.07, 6.45) is 7.56. The zero-order valence-corrected chi connectivity index (χ0v) is 16.7. The Morgan fingerprint density at radius 1 is 1.10 bits per heavy atom. The summed E-state index contributed by atoms with van der Waals surface area (Å²) < 4.78 is 0. The summed E-state index contributed by atoms with van der Waals surface area (Å²) in [5, 5.41) is 3.47. The van der Waals surface area contributed by atoms with E-state index in [0.717, 1.165) is 41.2 Å². The second-order valence-electron chi connectivity index (χ2n) is 8.33. The van der Waals surface area contributed by atoms with E-state index in [0.29, 0.717) is 0 Å². The zero-order valence-electron chi connectivity index (χ0n) is 16.7. The SMILES string of the molecule is C=C(Nc1ccc(C)c(-c2cc[nH]c(=O)c2)n1)C1(c2ccc3c(c2)CCC3)CC1. The van der Waals surface area contributed by atoms with Gasteiger partial charge in [-0.2, -0.15) is 0 Å². The minimum atomic E-state index is -0.125. The van der Waals surface area contributed by atoms with Crippen LogP contribution >= 0.6 is 0 Å². The predicted molar refractivity (Wildman–Crippen MR) is 117 cm³/mol. The van der Waals surface area contributed by atoms with Crippen molar-refractivity contribution in [1.29, 1.82) is 0 Å². The monoisotopic (exact) mass is 383 g/mol. The van der Waals surface area contributed by atoms with Crippen molar-refractivity contribution in [3.8, 4) is 11.3 Å². The number of benzene rings is 1. The second-order valence-corrected chi connectivity index (χ2v) is 8.33. The third kappa shape index (κ3) is 3.19. The van der Waals surface area contributed by atoms with Crippen LogP contribution in [0.1, 0.15) is 41.5 Å². The molecule has 5 rings (SSSR count). The number of hydrogen-bond donors (Lipinski definition) is 2. The van der Waals surface area contributed by atoms with Crippen LogP contribution in [0.2, 0.25) is 0 Å². The lowest BCUT2D eigenvalue weighted by Gasteiger charge is -2.21. The molecule has 0 aliphatic heterocycles. The van der Waals surface area contributed by atoms with E-state index < -0.39 is 0 Å². The number of anilines is 1. The van der Waals surface area contributed by atoms with Crippen molar-refractivity contribution in [2.75, 3.05) is 5.32 Å². The molecule has 3 aromatic rings. The minimum Gasteiger partial charge on any atom is -0.343 e. The van der Waals surface area contributed by atoms with Gasteiger partial charge in [-0.1, -0.05) is 30.8 Å². The van der Waals surface area contributed by atoms with Gasteiger partial charge < -0.3 is 10.3 Å². The average Bonchev–Trinajstić information content (AvgIpc) is 3.40. The second kappa shape index (κ2) is 6.73. The van der Waals surface area contributed by atoms with Gasteiger partial charge in [-0.15, -0.1) is 0 Å². The van der Waals surface area contributed by atoms with E-state index in [4.69, 9.17) is 4.98 Å². The zero-order chi connectivity index (χ0) is 20.0. The average molecular weight is 383 g/mol. The summed E-state index contributed by atoms with van der Waals surface area (Å²) in [4.78, 5) is 19.2. The summed E-state index contributed by atoms with van der Waals surface area (Å²) in [6.45, 7) is 6.40. The lowest BCUT2D eigenvalue weighted by atomic mass is 9.90. The fraction of sp³-hybridized carbons (Fsp3) is 0.280. The fourth-order valence-corrected chi connectivity index (χ4v) is 4.52. The molecule has 1 saturated carbocycles. The van der Waals surface area contributed by atoms with Crippen LogP contribution in [-0.4, -0.2) is 9.97 Å². The Balaban J connectivity index is 1.42. The highest BCUT2D eigenvalue weighted by molar-refractivity contribution is 5.65. The summed E-state index contributed by atoms with van der Waals surface area (Å²) in [7, 11) is 0. The summed E-state index contributed by atoms with van der Waals surface area (Å²) in [5.41, 5.74) is 7.94. The lowest BCUT2D eigenvalue weighted by Crippen LogP contribution is -2.17. The molecule has 0 atom stereocenters. The standard InChI is InChI=1S/C25H25N3O/c1-16-6-9-22(28-24(16)20-10-13-26-23(29)15-20)27-17(2)25(11-12-25)21-8-7-18-4-3-5-19(18)14-21/h6-10,13-15H,2-5,11-12H2,1H3,(H,26,29)(H,27,28). The van der Waals surface area contributed by atoms with Crippen LogP contribution in [0.15, 0.2) is 65.7 Å². The van der Waals surface area contributed by atoms with E-state index >= 15 is 0 Å². The molecule has 0 spiro atoms. The van der Waals surface area contributed by atoms with Gasteiger partial charge in [-0.3, -0.25) is 4.79 Å². The van der Waals surface area contributed by atoms with Crippen LogP contribution in [0.25, 0.3) is 11.3 Å². The summed E-state index contributed by atoms with van der Waals surface area (Å²) in [5.74, 6) is 0.767. The molecule has 4 heteroatoms. The Kier molecular flexibility index (Phi) is 4.16. The molecule has 0 bridgehead atoms. The Hall–Kier alpha value is -3.14. The molecule has 2 N–H and O–H groups in total. The first-order valence-electron chi connectivity index (χ1n) is 10.3. The van der Waals surface area contributed by atoms with Gasteiger partial charge in [0.2, 0.25) is 5.56 Å². The fourth-order valence-electron chi connectivity index (χ4n) is 4.52. The molecule has 2 aromatic heterocycles. The van der Waals surface area contributed by atoms with Gasteiger partial charge in [0.05, 0.1) is 5.69 Å². The van der Waals surface area contributed by atoms with E-state index in [-0.39, 0.29) is 11.0 Å². The largest absolute Gasteiger partial charge is 0.343 e. The Morgan fingerprint density at radius 3 is 2.72 bits per heavy atom. The van der Waals surface area contributed by atoms with Crippen LogP contribution in [0.3, 0.4) is 0 Å². The molecule has 0 radical (unpaired) electrons. The van der Waals surface area contributed by atoms with Gasteiger partial charge >= 0.3 is 0 Å². The number of fused-ring (bicyclic) bond motifs is 1. The Bertz CT molecular complexity index is 1170. The lowest BCUT2D eigenvalue weighted by molar-refractivity contribution is 0.825. The first-order valence-corrected chi connectivity index (χ1v) is 10.3. The maximum absolute atomic E-state index is 11.7. The number of nitrogens with one attached hydrogen (secondary N) is 2. The van der Waals surface area contributed by atoms with Crippen molar-refractivity contribution in [2.24, 2.45) is 0 Å². The van der Waals surface area contributed by atoms with Crippen LogP contribution in [-0.2, 0) is 18.3 Å². The molecule has 4 nitrogen and oxygen atoms in total. The van der Waals surface area contributed by atoms with Crippen LogP contribution in [0, 0.1) is 6.92 Å².